The van der Waals surface area contributed by atoms with Crippen molar-refractivity contribution in [1.82, 2.24) is 4.83 Å². The van der Waals surface area contributed by atoms with Gasteiger partial charge >= 0.3 is 0 Å². The summed E-state index contributed by atoms with van der Waals surface area (Å²) in [5.41, 5.74) is 2.38. The highest BCUT2D eigenvalue weighted by atomic mass is 32.2. The SMILES string of the molecule is C/C(=N\NS(=O)(=O)c1ccc(C)cc1)C12C3[C@H]4C5CC([C@H]41)[C@H]2[C@@H]53. The fourth-order valence-corrected chi connectivity index (χ4v) is 8.46. The van der Waals surface area contributed by atoms with E-state index in [0.717, 1.165) is 52.7 Å². The Morgan fingerprint density at radius 2 is 1.78 bits per heavy atom. The molecule has 6 aliphatic carbocycles. The van der Waals surface area contributed by atoms with Gasteiger partial charge in [0.2, 0.25) is 0 Å². The molecule has 120 valence electrons. The van der Waals surface area contributed by atoms with Crippen LogP contribution in [0.3, 0.4) is 0 Å². The lowest BCUT2D eigenvalue weighted by atomic mass is 9.12. The van der Waals surface area contributed by atoms with Crippen LogP contribution in [-0.2, 0) is 10.0 Å². The Morgan fingerprint density at radius 1 is 1.13 bits per heavy atom. The second-order valence-corrected chi connectivity index (χ2v) is 9.99. The predicted octanol–water partition coefficient (Wildman–Crippen LogP) is 2.41. The number of nitrogens with one attached hydrogen (secondary N) is 1. The molecule has 4 nitrogen and oxygen atoms in total. The minimum absolute atomic E-state index is 0.284. The summed E-state index contributed by atoms with van der Waals surface area (Å²) in [5, 5.41) is 4.36. The molecule has 0 radical (unpaired) electrons. The van der Waals surface area contributed by atoms with Crippen LogP contribution < -0.4 is 4.83 Å². The molecule has 2 bridgehead atoms. The topological polar surface area (TPSA) is 58.5 Å². The third kappa shape index (κ3) is 1.10. The molecule has 1 aromatic carbocycles. The molecule has 0 amide bonds. The van der Waals surface area contributed by atoms with Gasteiger partial charge in [-0.3, -0.25) is 0 Å². The normalized spacial score (nSPS) is 50.3. The second kappa shape index (κ2) is 3.51. The largest absolute Gasteiger partial charge is 0.276 e. The van der Waals surface area contributed by atoms with Crippen LogP contribution in [0.25, 0.3) is 0 Å². The van der Waals surface area contributed by atoms with Gasteiger partial charge in [0.15, 0.2) is 0 Å². The van der Waals surface area contributed by atoms with Gasteiger partial charge in [0.1, 0.15) is 0 Å². The fourth-order valence-electron chi connectivity index (χ4n) is 7.61. The molecule has 4 unspecified atom stereocenters. The molecule has 0 spiro atoms. The number of nitrogens with zero attached hydrogens (tertiary/aromatic N) is 1. The Morgan fingerprint density at radius 3 is 2.39 bits per heavy atom. The Hall–Kier alpha value is -1.36. The zero-order valence-corrected chi connectivity index (χ0v) is 14.0. The Bertz CT molecular complexity index is 849. The molecule has 6 saturated carbocycles. The summed E-state index contributed by atoms with van der Waals surface area (Å²) in [6.45, 7) is 3.99. The minimum atomic E-state index is -3.56. The average molecular weight is 328 g/mol. The van der Waals surface area contributed by atoms with E-state index in [0.29, 0.717) is 5.41 Å². The highest BCUT2D eigenvalue weighted by Crippen LogP contribution is 3.00. The Kier molecular flexibility index (Phi) is 1.98. The first-order chi connectivity index (χ1) is 11.0. The van der Waals surface area contributed by atoms with Crippen LogP contribution in [0, 0.1) is 53.8 Å². The molecule has 0 heterocycles. The van der Waals surface area contributed by atoms with Crippen molar-refractivity contribution in [2.45, 2.75) is 25.2 Å². The van der Waals surface area contributed by atoms with E-state index in [1.54, 1.807) is 12.1 Å². The molecule has 6 aliphatic rings. The maximum absolute atomic E-state index is 12.4. The second-order valence-electron chi connectivity index (χ2n) is 8.33. The zero-order valence-electron chi connectivity index (χ0n) is 13.2. The van der Waals surface area contributed by atoms with E-state index < -0.39 is 10.0 Å². The van der Waals surface area contributed by atoms with E-state index >= 15 is 0 Å². The van der Waals surface area contributed by atoms with Crippen molar-refractivity contribution < 1.29 is 8.42 Å². The summed E-state index contributed by atoms with van der Waals surface area (Å²) in [5.74, 6) is 6.41. The third-order valence-corrected chi connectivity index (χ3v) is 9.28. The van der Waals surface area contributed by atoms with Gasteiger partial charge in [-0.1, -0.05) is 17.7 Å². The number of hydrogen-bond acceptors (Lipinski definition) is 3. The third-order valence-electron chi connectivity index (χ3n) is 8.06. The van der Waals surface area contributed by atoms with Gasteiger partial charge in [-0.25, -0.2) is 4.83 Å². The monoisotopic (exact) mass is 328 g/mol. The van der Waals surface area contributed by atoms with E-state index in [4.69, 9.17) is 0 Å². The Labute approximate surface area is 136 Å². The first-order valence-electron chi connectivity index (χ1n) is 8.61. The van der Waals surface area contributed by atoms with Crippen molar-refractivity contribution in [3.05, 3.63) is 29.8 Å². The maximum atomic E-state index is 12.4. The number of sulfonamides is 1. The number of aryl methyl sites for hydroxylation is 1. The van der Waals surface area contributed by atoms with E-state index in [1.165, 1.54) is 6.42 Å². The van der Waals surface area contributed by atoms with Gasteiger partial charge in [0.25, 0.3) is 10.0 Å². The van der Waals surface area contributed by atoms with Gasteiger partial charge in [-0.2, -0.15) is 13.5 Å². The van der Waals surface area contributed by atoms with Crippen molar-refractivity contribution >= 4 is 15.7 Å². The molecule has 8 atom stereocenters. The minimum Gasteiger partial charge on any atom is -0.200 e. The van der Waals surface area contributed by atoms with Crippen LogP contribution >= 0.6 is 0 Å². The standard InChI is InChI=1S/C18H20N2O2S/c1-8-3-5-10(6-4-8)23(21,22)20-19-9(2)18-15-12-7-11-13(15)17(18)14(11)16(12)18/h3-6,11-17,20H,7H2,1-2H3/b19-9+/t11?,12?,13-,14+,15+,16-,17?,18?. The molecular formula is C18H20N2O2S. The van der Waals surface area contributed by atoms with Gasteiger partial charge < -0.3 is 0 Å². The van der Waals surface area contributed by atoms with E-state index in [1.807, 2.05) is 26.0 Å². The molecule has 1 N–H and O–H groups in total. The quantitative estimate of drug-likeness (QED) is 0.681. The lowest BCUT2D eigenvalue weighted by Crippen LogP contribution is -2.90. The molecule has 7 rings (SSSR count). The predicted molar refractivity (Wildman–Crippen MR) is 86.1 cm³/mol. The van der Waals surface area contributed by atoms with Gasteiger partial charge in [0, 0.05) is 11.1 Å². The highest BCUT2D eigenvalue weighted by molar-refractivity contribution is 7.89. The summed E-state index contributed by atoms with van der Waals surface area (Å²) >= 11 is 0. The van der Waals surface area contributed by atoms with Crippen molar-refractivity contribution in [3.63, 3.8) is 0 Å². The van der Waals surface area contributed by atoms with Crippen LogP contribution in [0.2, 0.25) is 0 Å². The van der Waals surface area contributed by atoms with Crippen LogP contribution in [0.1, 0.15) is 18.9 Å². The smallest absolute Gasteiger partial charge is 0.200 e. The van der Waals surface area contributed by atoms with Gasteiger partial charge in [0.05, 0.1) is 4.90 Å². The van der Waals surface area contributed by atoms with Crippen LogP contribution in [0.4, 0.5) is 0 Å². The molecule has 0 saturated heterocycles. The summed E-state index contributed by atoms with van der Waals surface area (Å²) in [6.07, 6.45) is 1.45. The lowest BCUT2D eigenvalue weighted by molar-refractivity contribution is -0.414. The van der Waals surface area contributed by atoms with Crippen molar-refractivity contribution in [1.29, 1.82) is 0 Å². The maximum Gasteiger partial charge on any atom is 0.276 e. The summed E-state index contributed by atoms with van der Waals surface area (Å²) in [4.78, 5) is 2.77. The summed E-state index contributed by atoms with van der Waals surface area (Å²) < 4.78 is 24.8. The number of hydrogen-bond donors (Lipinski definition) is 1. The molecule has 23 heavy (non-hydrogen) atoms. The molecule has 5 heteroatoms. The molecule has 0 aliphatic heterocycles. The van der Waals surface area contributed by atoms with E-state index in [-0.39, 0.29) is 4.90 Å². The van der Waals surface area contributed by atoms with Gasteiger partial charge in [-0.05, 0) is 73.8 Å². The number of benzene rings is 1. The van der Waals surface area contributed by atoms with Crippen LogP contribution in [-0.4, -0.2) is 14.1 Å². The number of hydrazone groups is 1. The first kappa shape index (κ1) is 13.0. The van der Waals surface area contributed by atoms with Gasteiger partial charge in [-0.15, -0.1) is 0 Å². The van der Waals surface area contributed by atoms with Crippen molar-refractivity contribution in [2.24, 2.45) is 51.9 Å². The lowest BCUT2D eigenvalue weighted by Gasteiger charge is -2.91. The molecule has 6 fully saturated rings. The summed E-state index contributed by atoms with van der Waals surface area (Å²) in [6, 6.07) is 6.90. The van der Waals surface area contributed by atoms with E-state index in [2.05, 4.69) is 9.93 Å². The van der Waals surface area contributed by atoms with Crippen molar-refractivity contribution in [2.75, 3.05) is 0 Å². The summed E-state index contributed by atoms with van der Waals surface area (Å²) in [7, 11) is -3.56. The molecule has 1 aromatic rings. The van der Waals surface area contributed by atoms with Crippen LogP contribution in [0.15, 0.2) is 34.3 Å². The average Bonchev–Trinajstić information content (AvgIpc) is 2.75. The fraction of sp³-hybridized carbons (Fsp3) is 0.611. The Balaban J connectivity index is 1.27. The molecular weight excluding hydrogens is 308 g/mol. The molecule has 0 aromatic heterocycles. The van der Waals surface area contributed by atoms with Crippen molar-refractivity contribution in [3.8, 4) is 0 Å². The van der Waals surface area contributed by atoms with Crippen LogP contribution in [0.5, 0.6) is 0 Å². The zero-order chi connectivity index (χ0) is 15.7. The highest BCUT2D eigenvalue weighted by Gasteiger charge is 2.98. The number of rotatable bonds is 4. The first-order valence-corrected chi connectivity index (χ1v) is 10.1. The van der Waals surface area contributed by atoms with E-state index in [9.17, 15) is 8.42 Å².